The number of halogens is 2. The fourth-order valence-electron chi connectivity index (χ4n) is 1.52. The molecule has 1 heterocycles. The van der Waals surface area contributed by atoms with E-state index in [0.717, 1.165) is 22.0 Å². The summed E-state index contributed by atoms with van der Waals surface area (Å²) in [6, 6.07) is 9.39. The second-order valence-electron chi connectivity index (χ2n) is 3.88. The van der Waals surface area contributed by atoms with E-state index in [-0.39, 0.29) is 0 Å². The number of nitrogens with zero attached hydrogens (tertiary/aromatic N) is 2. The van der Waals surface area contributed by atoms with Gasteiger partial charge in [0.25, 0.3) is 0 Å². The van der Waals surface area contributed by atoms with Gasteiger partial charge in [-0.3, -0.25) is 0 Å². The number of aromatic nitrogens is 2. The molecule has 0 N–H and O–H groups in total. The molecule has 0 spiro atoms. The monoisotopic (exact) mass is 310 g/mol. The lowest BCUT2D eigenvalue weighted by atomic mass is 10.1. The van der Waals surface area contributed by atoms with E-state index in [0.29, 0.717) is 16.5 Å². The summed E-state index contributed by atoms with van der Waals surface area (Å²) in [5.74, 6) is 0.830. The van der Waals surface area contributed by atoms with E-state index in [1.54, 1.807) is 17.8 Å². The third-order valence-electron chi connectivity index (χ3n) is 2.43. The Morgan fingerprint density at radius 1 is 1.16 bits per heavy atom. The zero-order valence-corrected chi connectivity index (χ0v) is 12.5. The van der Waals surface area contributed by atoms with Gasteiger partial charge < -0.3 is 0 Å². The van der Waals surface area contributed by atoms with Crippen LogP contribution < -0.4 is 0 Å². The highest BCUT2D eigenvalue weighted by Gasteiger charge is 2.04. The minimum atomic E-state index is 0.635. The van der Waals surface area contributed by atoms with Crippen LogP contribution in [0.25, 0.3) is 0 Å². The molecular formula is C14H12Cl2N2S. The van der Waals surface area contributed by atoms with Gasteiger partial charge >= 0.3 is 0 Å². The number of hydrogen-bond acceptors (Lipinski definition) is 3. The zero-order valence-electron chi connectivity index (χ0n) is 10.1. The van der Waals surface area contributed by atoms with Crippen molar-refractivity contribution in [2.24, 2.45) is 0 Å². The predicted octanol–water partition coefficient (Wildman–Crippen LogP) is 4.65. The normalized spacial score (nSPS) is 10.4. The van der Waals surface area contributed by atoms with Crippen LogP contribution in [0.4, 0.5) is 0 Å². The van der Waals surface area contributed by atoms with E-state index < -0.39 is 0 Å². The van der Waals surface area contributed by atoms with Gasteiger partial charge in [-0.15, -0.1) is 23.4 Å². The summed E-state index contributed by atoms with van der Waals surface area (Å²) in [4.78, 5) is 0. The Bertz CT molecular complexity index is 570. The smallest absolute Gasteiger partial charge is 0.119 e. The lowest BCUT2D eigenvalue weighted by Crippen LogP contribution is -1.96. The van der Waals surface area contributed by atoms with Crippen molar-refractivity contribution < 1.29 is 0 Å². The zero-order chi connectivity index (χ0) is 13.7. The SMILES string of the molecule is C=CCSc1ccc(Cc2ccc(Cl)cc2Cl)nn1. The Kier molecular flexibility index (Phi) is 5.25. The second kappa shape index (κ2) is 6.94. The van der Waals surface area contributed by atoms with E-state index in [2.05, 4.69) is 16.8 Å². The lowest BCUT2D eigenvalue weighted by molar-refractivity contribution is 0.870. The van der Waals surface area contributed by atoms with Crippen LogP contribution in [0.2, 0.25) is 10.0 Å². The predicted molar refractivity (Wildman–Crippen MR) is 82.2 cm³/mol. The minimum Gasteiger partial charge on any atom is -0.154 e. The molecule has 0 fully saturated rings. The Hall–Kier alpha value is -1.03. The van der Waals surface area contributed by atoms with Gasteiger partial charge in [-0.05, 0) is 29.8 Å². The molecule has 0 aliphatic heterocycles. The van der Waals surface area contributed by atoms with Crippen molar-refractivity contribution in [2.45, 2.75) is 11.4 Å². The number of hydrogen-bond donors (Lipinski definition) is 0. The maximum atomic E-state index is 6.13. The van der Waals surface area contributed by atoms with Gasteiger partial charge in [0.05, 0.1) is 5.69 Å². The summed E-state index contributed by atoms with van der Waals surface area (Å²) in [6.45, 7) is 3.67. The van der Waals surface area contributed by atoms with Crippen molar-refractivity contribution in [1.29, 1.82) is 0 Å². The highest BCUT2D eigenvalue weighted by atomic mass is 35.5. The molecule has 1 aromatic heterocycles. The molecule has 0 unspecified atom stereocenters. The summed E-state index contributed by atoms with van der Waals surface area (Å²) in [7, 11) is 0. The van der Waals surface area contributed by atoms with Crippen LogP contribution in [0.1, 0.15) is 11.3 Å². The molecule has 0 amide bonds. The second-order valence-corrected chi connectivity index (χ2v) is 5.76. The number of thioether (sulfide) groups is 1. The Balaban J connectivity index is 2.08. The molecule has 0 bridgehead atoms. The molecule has 19 heavy (non-hydrogen) atoms. The van der Waals surface area contributed by atoms with Crippen molar-refractivity contribution in [3.05, 3.63) is 64.3 Å². The van der Waals surface area contributed by atoms with Crippen LogP contribution in [0, 0.1) is 0 Å². The molecule has 0 saturated heterocycles. The first-order valence-corrected chi connectivity index (χ1v) is 7.43. The first kappa shape index (κ1) is 14.4. The average molecular weight is 311 g/mol. The van der Waals surface area contributed by atoms with Gasteiger partial charge in [0.1, 0.15) is 5.03 Å². The van der Waals surface area contributed by atoms with Gasteiger partial charge in [0.15, 0.2) is 0 Å². The quantitative estimate of drug-likeness (QED) is 0.593. The fourth-order valence-corrected chi connectivity index (χ4v) is 2.55. The van der Waals surface area contributed by atoms with Crippen LogP contribution in [0.15, 0.2) is 48.0 Å². The summed E-state index contributed by atoms with van der Waals surface area (Å²) in [6.07, 6.45) is 2.49. The molecule has 0 aliphatic carbocycles. The molecule has 5 heteroatoms. The van der Waals surface area contributed by atoms with Crippen LogP contribution in [-0.2, 0) is 6.42 Å². The molecule has 0 atom stereocenters. The molecule has 2 aromatic rings. The van der Waals surface area contributed by atoms with Gasteiger partial charge in [0.2, 0.25) is 0 Å². The first-order chi connectivity index (χ1) is 9.19. The standard InChI is InChI=1S/C14H12Cl2N2S/c1-2-7-19-14-6-5-12(17-18-14)8-10-3-4-11(15)9-13(10)16/h2-6,9H,1,7-8H2. The van der Waals surface area contributed by atoms with Gasteiger partial charge in [-0.2, -0.15) is 5.10 Å². The first-order valence-electron chi connectivity index (χ1n) is 5.69. The third kappa shape index (κ3) is 4.23. The largest absolute Gasteiger partial charge is 0.154 e. The Morgan fingerprint density at radius 2 is 2.00 bits per heavy atom. The topological polar surface area (TPSA) is 25.8 Å². The van der Waals surface area contributed by atoms with Crippen molar-refractivity contribution in [3.63, 3.8) is 0 Å². The maximum absolute atomic E-state index is 6.13. The summed E-state index contributed by atoms with van der Waals surface area (Å²) in [5, 5.41) is 10.5. The van der Waals surface area contributed by atoms with Crippen LogP contribution in [0.3, 0.4) is 0 Å². The molecule has 0 radical (unpaired) electrons. The van der Waals surface area contributed by atoms with Crippen LogP contribution in [-0.4, -0.2) is 16.0 Å². The van der Waals surface area contributed by atoms with Crippen molar-refractivity contribution in [1.82, 2.24) is 10.2 Å². The number of rotatable bonds is 5. The van der Waals surface area contributed by atoms with E-state index in [4.69, 9.17) is 23.2 Å². The van der Waals surface area contributed by atoms with E-state index >= 15 is 0 Å². The molecule has 2 rings (SSSR count). The minimum absolute atomic E-state index is 0.635. The lowest BCUT2D eigenvalue weighted by Gasteiger charge is -2.04. The van der Waals surface area contributed by atoms with Crippen LogP contribution in [0.5, 0.6) is 0 Å². The molecule has 0 saturated carbocycles. The van der Waals surface area contributed by atoms with Gasteiger partial charge in [-0.1, -0.05) is 35.3 Å². The van der Waals surface area contributed by atoms with Crippen molar-refractivity contribution in [2.75, 3.05) is 5.75 Å². The van der Waals surface area contributed by atoms with Crippen LogP contribution >= 0.6 is 35.0 Å². The highest BCUT2D eigenvalue weighted by Crippen LogP contribution is 2.23. The maximum Gasteiger partial charge on any atom is 0.119 e. The van der Waals surface area contributed by atoms with Gasteiger partial charge in [-0.25, -0.2) is 0 Å². The average Bonchev–Trinajstić information content (AvgIpc) is 2.41. The van der Waals surface area contributed by atoms with Gasteiger partial charge in [0, 0.05) is 22.2 Å². The van der Waals surface area contributed by atoms with Crippen molar-refractivity contribution >= 4 is 35.0 Å². The molecule has 98 valence electrons. The Morgan fingerprint density at radius 3 is 2.63 bits per heavy atom. The third-order valence-corrected chi connectivity index (χ3v) is 3.93. The summed E-state index contributed by atoms with van der Waals surface area (Å²) >= 11 is 13.6. The molecule has 1 aromatic carbocycles. The molecular weight excluding hydrogens is 299 g/mol. The Labute approximate surface area is 126 Å². The van der Waals surface area contributed by atoms with E-state index in [9.17, 15) is 0 Å². The fraction of sp³-hybridized carbons (Fsp3) is 0.143. The number of benzene rings is 1. The van der Waals surface area contributed by atoms with E-state index in [1.807, 2.05) is 30.3 Å². The van der Waals surface area contributed by atoms with E-state index in [1.165, 1.54) is 0 Å². The van der Waals surface area contributed by atoms with Crippen molar-refractivity contribution in [3.8, 4) is 0 Å². The molecule has 0 aliphatic rings. The molecule has 2 nitrogen and oxygen atoms in total. The highest BCUT2D eigenvalue weighted by molar-refractivity contribution is 7.99. The summed E-state index contributed by atoms with van der Waals surface area (Å²) in [5.41, 5.74) is 1.87. The summed E-state index contributed by atoms with van der Waals surface area (Å²) < 4.78 is 0.